The molecule has 0 aliphatic heterocycles. The normalized spacial score (nSPS) is 30.8. The highest BCUT2D eigenvalue weighted by molar-refractivity contribution is 7.90. The van der Waals surface area contributed by atoms with Crippen LogP contribution in [0.15, 0.2) is 35.2 Å². The van der Waals surface area contributed by atoms with Crippen molar-refractivity contribution in [3.8, 4) is 0 Å². The molecular weight excluding hydrogens is 300 g/mol. The van der Waals surface area contributed by atoms with Gasteiger partial charge in [-0.3, -0.25) is 9.35 Å². The number of Topliss-reactive ketones (excluding diaryl/α,β-unsaturated/α-hetero) is 1. The first-order valence-corrected chi connectivity index (χ1v) is 8.91. The highest BCUT2D eigenvalue weighted by Gasteiger charge is 2.67. The van der Waals surface area contributed by atoms with Crippen LogP contribution in [0.4, 0.5) is 0 Å². The molecule has 2 bridgehead atoms. The Labute approximate surface area is 131 Å². The maximum Gasteiger partial charge on any atom is 0.291 e. The molecule has 0 saturated heterocycles. The number of carbonyl (C=O) groups excluding carboxylic acids is 1. The maximum atomic E-state index is 12.6. The number of ketones is 1. The lowest BCUT2D eigenvalue weighted by Gasteiger charge is -2.37. The number of fused-ring (bicyclic) bond motifs is 2. The van der Waals surface area contributed by atoms with Crippen molar-refractivity contribution >= 4 is 22.0 Å². The topological polar surface area (TPSA) is 71.4 Å². The maximum absolute atomic E-state index is 12.6. The van der Waals surface area contributed by atoms with E-state index in [1.807, 2.05) is 19.9 Å². The van der Waals surface area contributed by atoms with E-state index >= 15 is 0 Å². The Balaban J connectivity index is 2.24. The molecule has 2 aliphatic carbocycles. The number of benzene rings is 1. The summed E-state index contributed by atoms with van der Waals surface area (Å²) in [6.07, 6.45) is 3.17. The molecule has 2 atom stereocenters. The Morgan fingerprint density at radius 3 is 2.36 bits per heavy atom. The summed E-state index contributed by atoms with van der Waals surface area (Å²) in [6.45, 7) is 3.89. The van der Waals surface area contributed by atoms with Gasteiger partial charge >= 0.3 is 0 Å². The molecule has 2 fully saturated rings. The number of rotatable bonds is 3. The largest absolute Gasteiger partial charge is 0.299 e. The third-order valence-corrected chi connectivity index (χ3v) is 6.71. The summed E-state index contributed by atoms with van der Waals surface area (Å²) >= 11 is 0. The quantitative estimate of drug-likeness (QED) is 0.867. The van der Waals surface area contributed by atoms with Gasteiger partial charge in [0.25, 0.3) is 10.1 Å². The van der Waals surface area contributed by atoms with Gasteiger partial charge in [-0.2, -0.15) is 8.42 Å². The lowest BCUT2D eigenvalue weighted by molar-refractivity contribution is -0.126. The SMILES string of the molecule is CC1(C)C2CCC1(/C(=C/c1ccccc1)S(=O)(=O)O)C(=O)C2. The van der Waals surface area contributed by atoms with Crippen LogP contribution in [0.2, 0.25) is 0 Å². The molecule has 4 nitrogen and oxygen atoms in total. The van der Waals surface area contributed by atoms with Crippen molar-refractivity contribution in [2.24, 2.45) is 16.7 Å². The molecule has 22 heavy (non-hydrogen) atoms. The van der Waals surface area contributed by atoms with Crippen LogP contribution in [0.5, 0.6) is 0 Å². The Hall–Kier alpha value is -1.46. The molecule has 0 radical (unpaired) electrons. The van der Waals surface area contributed by atoms with E-state index < -0.39 is 20.9 Å². The average molecular weight is 320 g/mol. The zero-order chi connectivity index (χ0) is 16.2. The van der Waals surface area contributed by atoms with Crippen LogP contribution in [0.25, 0.3) is 6.08 Å². The van der Waals surface area contributed by atoms with E-state index in [1.165, 1.54) is 6.08 Å². The summed E-state index contributed by atoms with van der Waals surface area (Å²) in [6, 6.07) is 8.95. The molecule has 2 unspecified atom stereocenters. The summed E-state index contributed by atoms with van der Waals surface area (Å²) in [7, 11) is -4.45. The fraction of sp³-hybridized carbons (Fsp3) is 0.471. The van der Waals surface area contributed by atoms with Crippen molar-refractivity contribution in [1.29, 1.82) is 0 Å². The number of carbonyl (C=O) groups is 1. The van der Waals surface area contributed by atoms with Crippen molar-refractivity contribution in [2.75, 3.05) is 0 Å². The second-order valence-electron chi connectivity index (χ2n) is 6.88. The van der Waals surface area contributed by atoms with Crippen molar-refractivity contribution in [3.05, 3.63) is 40.8 Å². The van der Waals surface area contributed by atoms with Crippen molar-refractivity contribution < 1.29 is 17.8 Å². The van der Waals surface area contributed by atoms with Crippen LogP contribution in [0.1, 0.15) is 38.7 Å². The Bertz CT molecular complexity index is 746. The molecule has 1 aromatic rings. The molecular formula is C17H20O4S. The van der Waals surface area contributed by atoms with Crippen LogP contribution in [0, 0.1) is 16.7 Å². The van der Waals surface area contributed by atoms with Gasteiger partial charge in [-0.15, -0.1) is 0 Å². The molecule has 2 saturated carbocycles. The van der Waals surface area contributed by atoms with E-state index in [-0.39, 0.29) is 16.6 Å². The number of hydrogen-bond acceptors (Lipinski definition) is 3. The molecule has 0 amide bonds. The predicted octanol–water partition coefficient (Wildman–Crippen LogP) is 3.31. The molecule has 1 aromatic carbocycles. The summed E-state index contributed by atoms with van der Waals surface area (Å²) in [5, 5.41) is 0. The second-order valence-corrected chi connectivity index (χ2v) is 8.27. The Morgan fingerprint density at radius 2 is 1.91 bits per heavy atom. The first kappa shape index (κ1) is 15.4. The zero-order valence-corrected chi connectivity index (χ0v) is 13.6. The van der Waals surface area contributed by atoms with Gasteiger partial charge in [0.2, 0.25) is 0 Å². The number of allylic oxidation sites excluding steroid dienone is 1. The van der Waals surface area contributed by atoms with E-state index in [0.29, 0.717) is 18.4 Å². The van der Waals surface area contributed by atoms with Gasteiger partial charge < -0.3 is 0 Å². The van der Waals surface area contributed by atoms with Gasteiger partial charge in [-0.25, -0.2) is 0 Å². The Kier molecular flexibility index (Phi) is 3.34. The Morgan fingerprint density at radius 1 is 1.27 bits per heavy atom. The molecule has 2 aliphatic rings. The zero-order valence-electron chi connectivity index (χ0n) is 12.7. The van der Waals surface area contributed by atoms with Gasteiger partial charge in [0.05, 0.1) is 10.3 Å². The first-order chi connectivity index (χ1) is 10.2. The summed E-state index contributed by atoms with van der Waals surface area (Å²) in [5.41, 5.74) is -0.884. The molecule has 118 valence electrons. The van der Waals surface area contributed by atoms with Gasteiger partial charge in [-0.1, -0.05) is 44.2 Å². The summed E-state index contributed by atoms with van der Waals surface area (Å²) in [4.78, 5) is 12.5. The molecule has 1 N–H and O–H groups in total. The van der Waals surface area contributed by atoms with E-state index in [0.717, 1.165) is 6.42 Å². The van der Waals surface area contributed by atoms with E-state index in [1.54, 1.807) is 24.3 Å². The van der Waals surface area contributed by atoms with Gasteiger partial charge in [0, 0.05) is 6.42 Å². The first-order valence-electron chi connectivity index (χ1n) is 7.47. The highest BCUT2D eigenvalue weighted by atomic mass is 32.2. The summed E-state index contributed by atoms with van der Waals surface area (Å²) < 4.78 is 34.0. The fourth-order valence-electron chi connectivity index (χ4n) is 4.37. The lowest BCUT2D eigenvalue weighted by Crippen LogP contribution is -2.40. The minimum Gasteiger partial charge on any atom is -0.299 e. The third-order valence-electron chi connectivity index (χ3n) is 5.69. The monoisotopic (exact) mass is 320 g/mol. The predicted molar refractivity (Wildman–Crippen MR) is 84.5 cm³/mol. The molecule has 3 rings (SSSR count). The van der Waals surface area contributed by atoms with Gasteiger partial charge in [0.1, 0.15) is 5.78 Å². The van der Waals surface area contributed by atoms with Crippen LogP contribution < -0.4 is 0 Å². The van der Waals surface area contributed by atoms with E-state index in [4.69, 9.17) is 0 Å². The molecule has 0 spiro atoms. The second kappa shape index (κ2) is 4.77. The lowest BCUT2D eigenvalue weighted by atomic mass is 9.68. The standard InChI is InChI=1S/C17H20O4S/c1-16(2)13-8-9-17(16,14(18)11-13)15(22(19,20)21)10-12-6-4-3-5-7-12/h3-7,10,13H,8-9,11H2,1-2H3,(H,19,20,21)/b15-10-. The van der Waals surface area contributed by atoms with Crippen LogP contribution >= 0.6 is 0 Å². The molecule has 0 aromatic heterocycles. The minimum atomic E-state index is -4.45. The minimum absolute atomic E-state index is 0.0615. The van der Waals surface area contributed by atoms with E-state index in [9.17, 15) is 17.8 Å². The highest BCUT2D eigenvalue weighted by Crippen LogP contribution is 2.67. The van der Waals surface area contributed by atoms with E-state index in [2.05, 4.69) is 0 Å². The molecule has 5 heteroatoms. The van der Waals surface area contributed by atoms with Crippen LogP contribution in [0.3, 0.4) is 0 Å². The molecule has 0 heterocycles. The van der Waals surface area contributed by atoms with Crippen LogP contribution in [-0.2, 0) is 14.9 Å². The van der Waals surface area contributed by atoms with Gasteiger partial charge in [0.15, 0.2) is 0 Å². The average Bonchev–Trinajstić information content (AvgIpc) is 2.79. The van der Waals surface area contributed by atoms with Crippen molar-refractivity contribution in [3.63, 3.8) is 0 Å². The van der Waals surface area contributed by atoms with Crippen molar-refractivity contribution in [1.82, 2.24) is 0 Å². The van der Waals surface area contributed by atoms with Crippen molar-refractivity contribution in [2.45, 2.75) is 33.1 Å². The fourth-order valence-corrected chi connectivity index (χ4v) is 5.58. The summed E-state index contributed by atoms with van der Waals surface area (Å²) in [5.74, 6) is 0.120. The van der Waals surface area contributed by atoms with Crippen LogP contribution in [-0.4, -0.2) is 18.8 Å². The smallest absolute Gasteiger partial charge is 0.291 e. The third kappa shape index (κ3) is 1.99. The van der Waals surface area contributed by atoms with Gasteiger partial charge in [-0.05, 0) is 35.8 Å². The number of hydrogen-bond donors (Lipinski definition) is 1.